The molecule has 0 saturated carbocycles. The van der Waals surface area contributed by atoms with E-state index in [0.29, 0.717) is 18.4 Å². The molecule has 0 spiro atoms. The third-order valence-electron chi connectivity index (χ3n) is 2.50. The smallest absolute Gasteiger partial charge is 0.220 e. The molecular weight excluding hydrogens is 202 g/mol. The van der Waals surface area contributed by atoms with Crippen LogP contribution in [0, 0.1) is 11.6 Å². The molecule has 0 bridgehead atoms. The Morgan fingerprint density at radius 3 is 2.60 bits per heavy atom. The summed E-state index contributed by atoms with van der Waals surface area (Å²) >= 11 is 0. The van der Waals surface area contributed by atoms with E-state index in [4.69, 9.17) is 5.73 Å². The monoisotopic (exact) mass is 212 g/mol. The number of benzene rings is 1. The van der Waals surface area contributed by atoms with E-state index in [0.717, 1.165) is 12.1 Å². The average molecular weight is 212 g/mol. The van der Waals surface area contributed by atoms with Gasteiger partial charge in [-0.1, -0.05) is 0 Å². The summed E-state index contributed by atoms with van der Waals surface area (Å²) in [5, 5.41) is 2.65. The lowest BCUT2D eigenvalue weighted by atomic mass is 10.0. The third-order valence-corrected chi connectivity index (χ3v) is 2.50. The molecule has 0 aromatic heterocycles. The third kappa shape index (κ3) is 1.77. The molecule has 0 radical (unpaired) electrons. The van der Waals surface area contributed by atoms with Crippen molar-refractivity contribution in [2.75, 3.05) is 5.73 Å². The number of rotatable bonds is 1. The number of hydrogen-bond acceptors (Lipinski definition) is 2. The summed E-state index contributed by atoms with van der Waals surface area (Å²) in [4.78, 5) is 11.0. The predicted molar refractivity (Wildman–Crippen MR) is 50.9 cm³/mol. The van der Waals surface area contributed by atoms with Crippen molar-refractivity contribution in [1.29, 1.82) is 0 Å². The lowest BCUT2D eigenvalue weighted by Crippen LogP contribution is -2.19. The van der Waals surface area contributed by atoms with Crippen LogP contribution in [-0.4, -0.2) is 5.91 Å². The SMILES string of the molecule is Nc1cc(F)c(F)cc1[C@H]1CCC(=O)N1. The van der Waals surface area contributed by atoms with Crippen LogP contribution in [0.25, 0.3) is 0 Å². The number of halogens is 2. The van der Waals surface area contributed by atoms with Crippen molar-refractivity contribution in [2.24, 2.45) is 0 Å². The molecule has 3 N–H and O–H groups in total. The van der Waals surface area contributed by atoms with Gasteiger partial charge in [-0.3, -0.25) is 4.79 Å². The molecular formula is C10H10F2N2O. The maximum absolute atomic E-state index is 13.0. The maximum Gasteiger partial charge on any atom is 0.220 e. The van der Waals surface area contributed by atoms with Crippen LogP contribution >= 0.6 is 0 Å². The van der Waals surface area contributed by atoms with Crippen molar-refractivity contribution in [2.45, 2.75) is 18.9 Å². The number of nitrogen functional groups attached to an aromatic ring is 1. The highest BCUT2D eigenvalue weighted by Crippen LogP contribution is 2.29. The number of nitrogens with one attached hydrogen (secondary N) is 1. The van der Waals surface area contributed by atoms with Crippen molar-refractivity contribution in [3.63, 3.8) is 0 Å². The fourth-order valence-electron chi connectivity index (χ4n) is 1.73. The van der Waals surface area contributed by atoms with Gasteiger partial charge in [0.05, 0.1) is 6.04 Å². The van der Waals surface area contributed by atoms with E-state index in [1.165, 1.54) is 0 Å². The van der Waals surface area contributed by atoms with Crippen LogP contribution in [0.3, 0.4) is 0 Å². The first-order valence-corrected chi connectivity index (χ1v) is 4.61. The van der Waals surface area contributed by atoms with Crippen LogP contribution in [0.1, 0.15) is 24.4 Å². The van der Waals surface area contributed by atoms with Crippen molar-refractivity contribution in [3.8, 4) is 0 Å². The number of hydrogen-bond donors (Lipinski definition) is 2. The summed E-state index contributed by atoms with van der Waals surface area (Å²) in [6.07, 6.45) is 0.956. The van der Waals surface area contributed by atoms with Gasteiger partial charge >= 0.3 is 0 Å². The minimum Gasteiger partial charge on any atom is -0.398 e. The normalized spacial score (nSPS) is 20.4. The fraction of sp³-hybridized carbons (Fsp3) is 0.300. The van der Waals surface area contributed by atoms with E-state index in [-0.39, 0.29) is 17.6 Å². The van der Waals surface area contributed by atoms with Crippen molar-refractivity contribution in [3.05, 3.63) is 29.3 Å². The number of carbonyl (C=O) groups excluding carboxylic acids is 1. The van der Waals surface area contributed by atoms with E-state index < -0.39 is 11.6 Å². The molecule has 1 aliphatic rings. The van der Waals surface area contributed by atoms with E-state index in [9.17, 15) is 13.6 Å². The van der Waals surface area contributed by atoms with Gasteiger partial charge in [-0.25, -0.2) is 8.78 Å². The first kappa shape index (κ1) is 9.89. The molecule has 2 rings (SSSR count). The molecule has 1 fully saturated rings. The van der Waals surface area contributed by atoms with Gasteiger partial charge in [-0.2, -0.15) is 0 Å². The topological polar surface area (TPSA) is 55.1 Å². The summed E-state index contributed by atoms with van der Waals surface area (Å²) in [7, 11) is 0. The van der Waals surface area contributed by atoms with Crippen LogP contribution in [0.4, 0.5) is 14.5 Å². The Morgan fingerprint density at radius 1 is 1.33 bits per heavy atom. The van der Waals surface area contributed by atoms with E-state index in [1.54, 1.807) is 0 Å². The van der Waals surface area contributed by atoms with Gasteiger partial charge < -0.3 is 11.1 Å². The quantitative estimate of drug-likeness (QED) is 0.693. The van der Waals surface area contributed by atoms with Gasteiger partial charge in [-0.05, 0) is 12.5 Å². The molecule has 0 unspecified atom stereocenters. The minimum atomic E-state index is -0.972. The van der Waals surface area contributed by atoms with Gasteiger partial charge in [0, 0.05) is 23.7 Å². The zero-order valence-corrected chi connectivity index (χ0v) is 7.89. The lowest BCUT2D eigenvalue weighted by Gasteiger charge is -2.13. The van der Waals surface area contributed by atoms with Gasteiger partial charge in [-0.15, -0.1) is 0 Å². The summed E-state index contributed by atoms with van der Waals surface area (Å²) in [6.45, 7) is 0. The highest BCUT2D eigenvalue weighted by atomic mass is 19.2. The van der Waals surface area contributed by atoms with Crippen LogP contribution in [-0.2, 0) is 4.79 Å². The Hall–Kier alpha value is -1.65. The largest absolute Gasteiger partial charge is 0.398 e. The number of anilines is 1. The highest BCUT2D eigenvalue weighted by molar-refractivity contribution is 5.79. The van der Waals surface area contributed by atoms with Crippen molar-refractivity contribution >= 4 is 11.6 Å². The molecule has 1 saturated heterocycles. The standard InChI is InChI=1S/C10H10F2N2O/c11-6-3-5(8(13)4-7(6)12)9-1-2-10(15)14-9/h3-4,9H,1-2,13H2,(H,14,15)/t9-/m1/s1. The molecule has 1 amide bonds. The van der Waals surface area contributed by atoms with E-state index in [1.807, 2.05) is 0 Å². The second-order valence-electron chi connectivity index (χ2n) is 3.55. The number of carbonyl (C=O) groups is 1. The maximum atomic E-state index is 13.0. The molecule has 1 aliphatic heterocycles. The zero-order valence-electron chi connectivity index (χ0n) is 7.89. The second kappa shape index (κ2) is 3.49. The van der Waals surface area contributed by atoms with Crippen LogP contribution in [0.15, 0.2) is 12.1 Å². The lowest BCUT2D eigenvalue weighted by molar-refractivity contribution is -0.119. The fourth-order valence-corrected chi connectivity index (χ4v) is 1.73. The Labute approximate surface area is 85.3 Å². The van der Waals surface area contributed by atoms with E-state index in [2.05, 4.69) is 5.32 Å². The predicted octanol–water partition coefficient (Wildman–Crippen LogP) is 1.50. The average Bonchev–Trinajstić information content (AvgIpc) is 2.58. The van der Waals surface area contributed by atoms with Gasteiger partial charge in [0.25, 0.3) is 0 Å². The summed E-state index contributed by atoms with van der Waals surface area (Å²) < 4.78 is 25.7. The van der Waals surface area contributed by atoms with Crippen LogP contribution in [0.2, 0.25) is 0 Å². The number of nitrogens with two attached hydrogens (primary N) is 1. The molecule has 1 aromatic rings. The molecule has 80 valence electrons. The first-order chi connectivity index (χ1) is 7.08. The number of amides is 1. The Morgan fingerprint density at radius 2 is 2.00 bits per heavy atom. The van der Waals surface area contributed by atoms with Crippen LogP contribution in [0.5, 0.6) is 0 Å². The molecule has 0 aliphatic carbocycles. The van der Waals surface area contributed by atoms with Gasteiger partial charge in [0.1, 0.15) is 0 Å². The molecule has 3 nitrogen and oxygen atoms in total. The molecule has 5 heteroatoms. The Bertz CT molecular complexity index is 420. The van der Waals surface area contributed by atoms with Crippen molar-refractivity contribution < 1.29 is 13.6 Å². The summed E-state index contributed by atoms with van der Waals surface area (Å²) in [5.41, 5.74) is 6.17. The zero-order chi connectivity index (χ0) is 11.0. The molecule has 15 heavy (non-hydrogen) atoms. The van der Waals surface area contributed by atoms with Crippen LogP contribution < -0.4 is 11.1 Å². The van der Waals surface area contributed by atoms with Gasteiger partial charge in [0.15, 0.2) is 11.6 Å². The first-order valence-electron chi connectivity index (χ1n) is 4.61. The Kier molecular flexibility index (Phi) is 2.30. The summed E-state index contributed by atoms with van der Waals surface area (Å²) in [5.74, 6) is -2.01. The van der Waals surface area contributed by atoms with Crippen molar-refractivity contribution in [1.82, 2.24) is 5.32 Å². The summed E-state index contributed by atoms with van der Waals surface area (Å²) in [6, 6.07) is 1.68. The second-order valence-corrected chi connectivity index (χ2v) is 3.55. The van der Waals surface area contributed by atoms with Gasteiger partial charge in [0.2, 0.25) is 5.91 Å². The Balaban J connectivity index is 2.36. The molecule has 1 aromatic carbocycles. The minimum absolute atomic E-state index is 0.0934. The molecule has 1 heterocycles. The molecule has 1 atom stereocenters. The highest BCUT2D eigenvalue weighted by Gasteiger charge is 2.25. The van der Waals surface area contributed by atoms with E-state index >= 15 is 0 Å².